The van der Waals surface area contributed by atoms with Crippen molar-refractivity contribution in [2.75, 3.05) is 20.1 Å². The molecule has 1 aliphatic heterocycles. The van der Waals surface area contributed by atoms with Gasteiger partial charge >= 0.3 is 5.69 Å². The number of aromatic amines is 1. The third kappa shape index (κ3) is 4.64. The van der Waals surface area contributed by atoms with Crippen molar-refractivity contribution in [2.24, 2.45) is 0 Å². The lowest BCUT2D eigenvalue weighted by molar-refractivity contribution is -0.129. The van der Waals surface area contributed by atoms with Crippen LogP contribution >= 0.6 is 0 Å². The van der Waals surface area contributed by atoms with Crippen LogP contribution in [0.3, 0.4) is 0 Å². The van der Waals surface area contributed by atoms with Crippen molar-refractivity contribution in [3.63, 3.8) is 0 Å². The van der Waals surface area contributed by atoms with E-state index in [2.05, 4.69) is 9.97 Å². The molecule has 3 aromatic rings. The van der Waals surface area contributed by atoms with E-state index in [9.17, 15) is 19.5 Å². The molecule has 170 valence electrons. The zero-order valence-electron chi connectivity index (χ0n) is 18.8. The summed E-state index contributed by atoms with van der Waals surface area (Å²) in [5.41, 5.74) is 3.31. The Hall–Kier alpha value is -3.94. The molecule has 0 bridgehead atoms. The SMILES string of the molecule is CC(=O)N(C)C1CCN(C(=O)c2ccc(-c3cc(-c4ccc(O)c(C)c4)nc(=O)[nH]3)cc2)C1. The quantitative estimate of drug-likeness (QED) is 0.641. The fraction of sp³-hybridized carbons (Fsp3) is 0.280. The lowest BCUT2D eigenvalue weighted by atomic mass is 10.0. The minimum atomic E-state index is -0.480. The van der Waals surface area contributed by atoms with Crippen LogP contribution in [-0.2, 0) is 4.79 Å². The largest absolute Gasteiger partial charge is 0.508 e. The van der Waals surface area contributed by atoms with Crippen LogP contribution in [0.4, 0.5) is 0 Å². The molecular weight excluding hydrogens is 420 g/mol. The number of aromatic hydroxyl groups is 1. The summed E-state index contributed by atoms with van der Waals surface area (Å²) < 4.78 is 0. The van der Waals surface area contributed by atoms with Crippen LogP contribution in [0.1, 0.15) is 29.3 Å². The van der Waals surface area contributed by atoms with Gasteiger partial charge in [0.25, 0.3) is 5.91 Å². The summed E-state index contributed by atoms with van der Waals surface area (Å²) in [6, 6.07) is 13.9. The minimum absolute atomic E-state index is 0.00757. The van der Waals surface area contributed by atoms with Crippen molar-refractivity contribution in [3.8, 4) is 28.3 Å². The van der Waals surface area contributed by atoms with Crippen LogP contribution in [0, 0.1) is 6.92 Å². The summed E-state index contributed by atoms with van der Waals surface area (Å²) in [4.78, 5) is 46.9. The Morgan fingerprint density at radius 3 is 2.48 bits per heavy atom. The van der Waals surface area contributed by atoms with Gasteiger partial charge < -0.3 is 19.9 Å². The number of carbonyl (C=O) groups excluding carboxylic acids is 2. The fourth-order valence-corrected chi connectivity index (χ4v) is 4.05. The first-order valence-electron chi connectivity index (χ1n) is 10.8. The molecule has 0 spiro atoms. The lowest BCUT2D eigenvalue weighted by Gasteiger charge is -2.23. The van der Waals surface area contributed by atoms with Crippen LogP contribution in [0.25, 0.3) is 22.5 Å². The molecule has 0 saturated carbocycles. The van der Waals surface area contributed by atoms with Crippen LogP contribution in [0.2, 0.25) is 0 Å². The predicted octanol–water partition coefficient (Wildman–Crippen LogP) is 2.81. The average molecular weight is 447 g/mol. The van der Waals surface area contributed by atoms with Gasteiger partial charge in [-0.25, -0.2) is 4.79 Å². The number of carbonyl (C=O) groups is 2. The monoisotopic (exact) mass is 446 g/mol. The number of hydrogen-bond acceptors (Lipinski definition) is 5. The first-order valence-corrected chi connectivity index (χ1v) is 10.8. The Morgan fingerprint density at radius 2 is 1.82 bits per heavy atom. The average Bonchev–Trinajstić information content (AvgIpc) is 3.29. The number of aryl methyl sites for hydroxylation is 1. The fourth-order valence-electron chi connectivity index (χ4n) is 4.05. The highest BCUT2D eigenvalue weighted by molar-refractivity contribution is 5.95. The lowest BCUT2D eigenvalue weighted by Crippen LogP contribution is -2.38. The number of nitrogens with one attached hydrogen (secondary N) is 1. The van der Waals surface area contributed by atoms with E-state index in [1.807, 2.05) is 0 Å². The van der Waals surface area contributed by atoms with E-state index in [1.165, 1.54) is 6.92 Å². The molecule has 4 rings (SSSR count). The standard InChI is InChI=1S/C25H26N4O4/c1-15-12-19(8-9-23(15)31)22-13-21(26-25(33)27-22)17-4-6-18(7-5-17)24(32)29-11-10-20(14-29)28(3)16(2)30/h4-9,12-13,20,31H,10-11,14H2,1-3H3,(H,26,27,33). The Morgan fingerprint density at radius 1 is 1.12 bits per heavy atom. The number of phenols is 1. The second kappa shape index (κ2) is 8.90. The highest BCUT2D eigenvalue weighted by atomic mass is 16.3. The van der Waals surface area contributed by atoms with Crippen molar-refractivity contribution < 1.29 is 14.7 Å². The number of amides is 2. The molecule has 1 atom stereocenters. The Bertz CT molecular complexity index is 1270. The molecular formula is C25H26N4O4. The number of hydrogen-bond donors (Lipinski definition) is 2. The van der Waals surface area contributed by atoms with Crippen molar-refractivity contribution in [1.82, 2.24) is 19.8 Å². The van der Waals surface area contributed by atoms with Crippen molar-refractivity contribution >= 4 is 11.8 Å². The smallest absolute Gasteiger partial charge is 0.345 e. The minimum Gasteiger partial charge on any atom is -0.508 e. The molecule has 2 aromatic carbocycles. The number of aromatic nitrogens is 2. The molecule has 0 radical (unpaired) electrons. The van der Waals surface area contributed by atoms with Gasteiger partial charge in [-0.1, -0.05) is 12.1 Å². The van der Waals surface area contributed by atoms with Gasteiger partial charge in [-0.3, -0.25) is 9.59 Å². The topological polar surface area (TPSA) is 107 Å². The van der Waals surface area contributed by atoms with E-state index in [0.29, 0.717) is 35.6 Å². The van der Waals surface area contributed by atoms with Crippen LogP contribution in [-0.4, -0.2) is 62.9 Å². The predicted molar refractivity (Wildman–Crippen MR) is 125 cm³/mol. The van der Waals surface area contributed by atoms with Gasteiger partial charge in [-0.15, -0.1) is 0 Å². The molecule has 8 nitrogen and oxygen atoms in total. The van der Waals surface area contributed by atoms with Crippen molar-refractivity contribution in [2.45, 2.75) is 26.3 Å². The van der Waals surface area contributed by atoms with Gasteiger partial charge in [0.05, 0.1) is 17.4 Å². The number of likely N-dealkylation sites (tertiary alicyclic amines) is 1. The third-order valence-corrected chi connectivity index (χ3v) is 6.18. The highest BCUT2D eigenvalue weighted by Crippen LogP contribution is 2.26. The van der Waals surface area contributed by atoms with E-state index in [1.54, 1.807) is 72.3 Å². The molecule has 8 heteroatoms. The number of nitrogens with zero attached hydrogens (tertiary/aromatic N) is 3. The van der Waals surface area contributed by atoms with Gasteiger partial charge in [0.2, 0.25) is 5.91 Å². The van der Waals surface area contributed by atoms with Gasteiger partial charge in [-0.2, -0.15) is 4.98 Å². The zero-order valence-corrected chi connectivity index (χ0v) is 18.8. The first-order chi connectivity index (χ1) is 15.7. The molecule has 1 fully saturated rings. The number of phenolic OH excluding ortho intramolecular Hbond substituents is 1. The normalized spacial score (nSPS) is 15.5. The third-order valence-electron chi connectivity index (χ3n) is 6.18. The zero-order chi connectivity index (χ0) is 23.7. The Balaban J connectivity index is 1.54. The number of benzene rings is 2. The summed E-state index contributed by atoms with van der Waals surface area (Å²) in [6.07, 6.45) is 0.762. The summed E-state index contributed by atoms with van der Waals surface area (Å²) >= 11 is 0. The molecule has 2 N–H and O–H groups in total. The van der Waals surface area contributed by atoms with Crippen molar-refractivity contribution in [3.05, 3.63) is 70.1 Å². The first kappa shape index (κ1) is 22.3. The summed E-state index contributed by atoms with van der Waals surface area (Å²) in [6.45, 7) is 4.43. The van der Waals surface area contributed by atoms with E-state index >= 15 is 0 Å². The molecule has 0 aliphatic carbocycles. The number of likely N-dealkylation sites (N-methyl/N-ethyl adjacent to an activating group) is 1. The maximum atomic E-state index is 12.9. The molecule has 2 heterocycles. The number of rotatable bonds is 4. The Labute approximate surface area is 191 Å². The van der Waals surface area contributed by atoms with E-state index in [4.69, 9.17) is 0 Å². The van der Waals surface area contributed by atoms with E-state index in [-0.39, 0.29) is 23.6 Å². The molecule has 2 amide bonds. The second-order valence-corrected chi connectivity index (χ2v) is 8.39. The molecule has 1 aliphatic rings. The van der Waals surface area contributed by atoms with Gasteiger partial charge in [-0.05, 0) is 60.9 Å². The van der Waals surface area contributed by atoms with Crippen LogP contribution in [0.15, 0.2) is 53.3 Å². The van der Waals surface area contributed by atoms with Crippen molar-refractivity contribution in [1.29, 1.82) is 0 Å². The summed E-state index contributed by atoms with van der Waals surface area (Å²) in [5, 5.41) is 9.76. The van der Waals surface area contributed by atoms with E-state index < -0.39 is 5.69 Å². The molecule has 1 aromatic heterocycles. The van der Waals surface area contributed by atoms with E-state index in [0.717, 1.165) is 17.5 Å². The molecule has 1 saturated heterocycles. The van der Waals surface area contributed by atoms with Gasteiger partial charge in [0.1, 0.15) is 5.75 Å². The maximum Gasteiger partial charge on any atom is 0.345 e. The number of H-pyrrole nitrogens is 1. The van der Waals surface area contributed by atoms with Crippen LogP contribution < -0.4 is 5.69 Å². The highest BCUT2D eigenvalue weighted by Gasteiger charge is 2.30. The van der Waals surface area contributed by atoms with Gasteiger partial charge in [0, 0.05) is 38.2 Å². The van der Waals surface area contributed by atoms with Gasteiger partial charge in [0.15, 0.2) is 0 Å². The summed E-state index contributed by atoms with van der Waals surface area (Å²) in [5.74, 6) is 0.0950. The molecule has 33 heavy (non-hydrogen) atoms. The molecule has 1 unspecified atom stereocenters. The van der Waals surface area contributed by atoms with Crippen LogP contribution in [0.5, 0.6) is 5.75 Å². The summed E-state index contributed by atoms with van der Waals surface area (Å²) in [7, 11) is 1.76. The second-order valence-electron chi connectivity index (χ2n) is 8.39. The Kier molecular flexibility index (Phi) is 6.00. The maximum absolute atomic E-state index is 12.9.